The van der Waals surface area contributed by atoms with Crippen LogP contribution in [0.1, 0.15) is 30.7 Å². The van der Waals surface area contributed by atoms with Gasteiger partial charge in [-0.05, 0) is 42.9 Å². The number of rotatable bonds is 6. The Morgan fingerprint density at radius 3 is 2.66 bits per heavy atom. The zero-order valence-electron chi connectivity index (χ0n) is 16.4. The van der Waals surface area contributed by atoms with Crippen molar-refractivity contribution in [2.45, 2.75) is 32.1 Å². The molecule has 5 heteroatoms. The Bertz CT molecular complexity index is 946. The maximum absolute atomic E-state index is 12.6. The van der Waals surface area contributed by atoms with Crippen molar-refractivity contribution in [2.24, 2.45) is 5.92 Å². The molecule has 1 amide bonds. The first-order valence-corrected chi connectivity index (χ1v) is 11.0. The van der Waals surface area contributed by atoms with Crippen molar-refractivity contribution in [1.29, 1.82) is 0 Å². The molecule has 2 aromatic carbocycles. The van der Waals surface area contributed by atoms with Gasteiger partial charge in [-0.1, -0.05) is 58.4 Å². The summed E-state index contributed by atoms with van der Waals surface area (Å²) >= 11 is 3.47. The number of amides is 1. The molecular weight excluding hydrogens is 428 g/mol. The highest BCUT2D eigenvalue weighted by molar-refractivity contribution is 9.10. The molecular formula is C24H25BrN2O2. The van der Waals surface area contributed by atoms with E-state index in [1.807, 2.05) is 29.2 Å². The SMILES string of the molecule is O=C(CCc1ncc(-c2cccc(Br)c2)o1)N1CCC(Cc2ccccc2)CC1. The van der Waals surface area contributed by atoms with E-state index in [0.29, 0.717) is 24.7 Å². The lowest BCUT2D eigenvalue weighted by atomic mass is 9.90. The fourth-order valence-electron chi connectivity index (χ4n) is 3.91. The van der Waals surface area contributed by atoms with Gasteiger partial charge < -0.3 is 9.32 Å². The molecule has 0 aliphatic carbocycles. The lowest BCUT2D eigenvalue weighted by Crippen LogP contribution is -2.39. The van der Waals surface area contributed by atoms with Gasteiger partial charge in [0.1, 0.15) is 0 Å². The van der Waals surface area contributed by atoms with Gasteiger partial charge in [0.05, 0.1) is 6.20 Å². The predicted molar refractivity (Wildman–Crippen MR) is 117 cm³/mol. The van der Waals surface area contributed by atoms with Crippen LogP contribution in [0.2, 0.25) is 0 Å². The van der Waals surface area contributed by atoms with Gasteiger partial charge in [0.2, 0.25) is 5.91 Å². The Balaban J connectivity index is 1.24. The highest BCUT2D eigenvalue weighted by atomic mass is 79.9. The third-order valence-corrected chi connectivity index (χ3v) is 6.04. The minimum absolute atomic E-state index is 0.199. The number of carbonyl (C=O) groups is 1. The Kier molecular flexibility index (Phi) is 6.45. The van der Waals surface area contributed by atoms with Crippen molar-refractivity contribution in [3.8, 4) is 11.3 Å². The maximum Gasteiger partial charge on any atom is 0.223 e. The fourth-order valence-corrected chi connectivity index (χ4v) is 4.31. The van der Waals surface area contributed by atoms with Gasteiger partial charge in [0.15, 0.2) is 11.7 Å². The molecule has 0 radical (unpaired) electrons. The van der Waals surface area contributed by atoms with Crippen LogP contribution in [-0.4, -0.2) is 28.9 Å². The molecule has 0 bridgehead atoms. The van der Waals surface area contributed by atoms with Crippen LogP contribution in [0.5, 0.6) is 0 Å². The minimum atomic E-state index is 0.199. The summed E-state index contributed by atoms with van der Waals surface area (Å²) in [7, 11) is 0. The zero-order valence-corrected chi connectivity index (χ0v) is 18.0. The van der Waals surface area contributed by atoms with E-state index in [1.54, 1.807) is 6.20 Å². The average molecular weight is 453 g/mol. The molecule has 29 heavy (non-hydrogen) atoms. The van der Waals surface area contributed by atoms with Gasteiger partial charge in [-0.15, -0.1) is 0 Å². The monoisotopic (exact) mass is 452 g/mol. The zero-order chi connectivity index (χ0) is 20.1. The van der Waals surface area contributed by atoms with Gasteiger partial charge in [0.25, 0.3) is 0 Å². The second-order valence-electron chi connectivity index (χ2n) is 7.64. The first-order chi connectivity index (χ1) is 14.2. The predicted octanol–water partition coefficient (Wildman–Crippen LogP) is 5.52. The van der Waals surface area contributed by atoms with Crippen LogP contribution in [-0.2, 0) is 17.6 Å². The smallest absolute Gasteiger partial charge is 0.223 e. The summed E-state index contributed by atoms with van der Waals surface area (Å²) in [5.74, 6) is 2.22. The van der Waals surface area contributed by atoms with Crippen LogP contribution in [0.3, 0.4) is 0 Å². The van der Waals surface area contributed by atoms with Crippen molar-refractivity contribution in [2.75, 3.05) is 13.1 Å². The molecule has 3 aromatic rings. The Morgan fingerprint density at radius 2 is 1.90 bits per heavy atom. The highest BCUT2D eigenvalue weighted by Crippen LogP contribution is 2.25. The van der Waals surface area contributed by atoms with Gasteiger partial charge in [-0.2, -0.15) is 0 Å². The van der Waals surface area contributed by atoms with E-state index in [2.05, 4.69) is 51.2 Å². The summed E-state index contributed by atoms with van der Waals surface area (Å²) < 4.78 is 6.84. The number of aromatic nitrogens is 1. The molecule has 4 nitrogen and oxygen atoms in total. The molecule has 1 aromatic heterocycles. The number of hydrogen-bond donors (Lipinski definition) is 0. The first-order valence-electron chi connectivity index (χ1n) is 10.2. The Hall–Kier alpha value is -2.40. The summed E-state index contributed by atoms with van der Waals surface area (Å²) in [4.78, 5) is 19.0. The largest absolute Gasteiger partial charge is 0.441 e. The number of aryl methyl sites for hydroxylation is 1. The molecule has 150 valence electrons. The lowest BCUT2D eigenvalue weighted by Gasteiger charge is -2.32. The van der Waals surface area contributed by atoms with E-state index in [9.17, 15) is 4.79 Å². The lowest BCUT2D eigenvalue weighted by molar-refractivity contribution is -0.132. The Labute approximate surface area is 180 Å². The number of halogens is 1. The molecule has 0 unspecified atom stereocenters. The van der Waals surface area contributed by atoms with Crippen molar-refractivity contribution >= 4 is 21.8 Å². The number of nitrogens with zero attached hydrogens (tertiary/aromatic N) is 2. The average Bonchev–Trinajstić information content (AvgIpc) is 3.22. The molecule has 1 fully saturated rings. The number of likely N-dealkylation sites (tertiary alicyclic amines) is 1. The summed E-state index contributed by atoms with van der Waals surface area (Å²) in [6.45, 7) is 1.70. The second-order valence-corrected chi connectivity index (χ2v) is 8.56. The Morgan fingerprint density at radius 1 is 1.10 bits per heavy atom. The van der Waals surface area contributed by atoms with Crippen LogP contribution in [0, 0.1) is 5.92 Å². The topological polar surface area (TPSA) is 46.3 Å². The molecule has 0 N–H and O–H groups in total. The molecule has 1 saturated heterocycles. The number of hydrogen-bond acceptors (Lipinski definition) is 3. The van der Waals surface area contributed by atoms with Gasteiger partial charge >= 0.3 is 0 Å². The molecule has 2 heterocycles. The van der Waals surface area contributed by atoms with E-state index in [0.717, 1.165) is 48.1 Å². The number of benzene rings is 2. The van der Waals surface area contributed by atoms with Crippen LogP contribution in [0.25, 0.3) is 11.3 Å². The third kappa shape index (κ3) is 5.36. The number of carbonyl (C=O) groups excluding carboxylic acids is 1. The van der Waals surface area contributed by atoms with Gasteiger partial charge in [0, 0.05) is 36.0 Å². The van der Waals surface area contributed by atoms with Crippen molar-refractivity contribution in [1.82, 2.24) is 9.88 Å². The molecule has 1 aliphatic rings. The van der Waals surface area contributed by atoms with E-state index in [1.165, 1.54) is 5.56 Å². The van der Waals surface area contributed by atoms with E-state index < -0.39 is 0 Å². The van der Waals surface area contributed by atoms with E-state index >= 15 is 0 Å². The fraction of sp³-hybridized carbons (Fsp3) is 0.333. The normalized spacial score (nSPS) is 14.9. The summed E-state index contributed by atoms with van der Waals surface area (Å²) in [5.41, 5.74) is 2.37. The molecule has 1 aliphatic heterocycles. The summed E-state index contributed by atoms with van der Waals surface area (Å²) in [5, 5.41) is 0. The molecule has 0 atom stereocenters. The first kappa shape index (κ1) is 19.9. The van der Waals surface area contributed by atoms with Crippen molar-refractivity contribution in [3.63, 3.8) is 0 Å². The molecule has 0 saturated carbocycles. The summed E-state index contributed by atoms with van der Waals surface area (Å²) in [6, 6.07) is 18.5. The molecule has 0 spiro atoms. The van der Waals surface area contributed by atoms with Crippen LogP contribution in [0.4, 0.5) is 0 Å². The van der Waals surface area contributed by atoms with Gasteiger partial charge in [-0.3, -0.25) is 4.79 Å². The van der Waals surface area contributed by atoms with Crippen LogP contribution in [0.15, 0.2) is 69.7 Å². The quantitative estimate of drug-likeness (QED) is 0.494. The van der Waals surface area contributed by atoms with Gasteiger partial charge in [-0.25, -0.2) is 4.98 Å². The maximum atomic E-state index is 12.6. The van der Waals surface area contributed by atoms with E-state index in [-0.39, 0.29) is 5.91 Å². The number of piperidine rings is 1. The van der Waals surface area contributed by atoms with Crippen LogP contribution >= 0.6 is 15.9 Å². The minimum Gasteiger partial charge on any atom is -0.441 e. The van der Waals surface area contributed by atoms with Crippen LogP contribution < -0.4 is 0 Å². The van der Waals surface area contributed by atoms with E-state index in [4.69, 9.17) is 4.42 Å². The number of oxazole rings is 1. The standard InChI is InChI=1S/C24H25BrN2O2/c25-21-8-4-7-20(16-21)22-17-26-23(29-22)9-10-24(28)27-13-11-19(12-14-27)15-18-5-2-1-3-6-18/h1-8,16-17,19H,9-15H2. The van der Waals surface area contributed by atoms with Crippen molar-refractivity contribution < 1.29 is 9.21 Å². The van der Waals surface area contributed by atoms with Crippen molar-refractivity contribution in [3.05, 3.63) is 76.7 Å². The second kappa shape index (κ2) is 9.40. The summed E-state index contributed by atoms with van der Waals surface area (Å²) in [6.07, 6.45) is 5.98. The highest BCUT2D eigenvalue weighted by Gasteiger charge is 2.23. The third-order valence-electron chi connectivity index (χ3n) is 5.55. The molecule has 4 rings (SSSR count).